The highest BCUT2D eigenvalue weighted by molar-refractivity contribution is 7.98. The standard InChI is InChI=1S/C26H24F2N4O4S/c1-5-35-26(33)21-14(3)36-24(31)18(11-30)22(21)15-6-7-20(34-4)16(9-15)12-37-25-17(10-29)13(2)8-19(32-25)23(27)28/h6-9,22-23H,5,12,31H2,1-4H3. The van der Waals surface area contributed by atoms with E-state index in [1.165, 1.54) is 13.2 Å². The van der Waals surface area contributed by atoms with Gasteiger partial charge in [-0.3, -0.25) is 0 Å². The van der Waals surface area contributed by atoms with Crippen LogP contribution in [0.4, 0.5) is 8.78 Å². The number of aryl methyl sites for hydroxylation is 1. The van der Waals surface area contributed by atoms with Gasteiger partial charge in [0.15, 0.2) is 0 Å². The fraction of sp³-hybridized carbons (Fsp3) is 0.308. The molecule has 0 amide bonds. The first-order valence-electron chi connectivity index (χ1n) is 11.1. The molecule has 8 nitrogen and oxygen atoms in total. The number of alkyl halides is 2. The zero-order chi connectivity index (χ0) is 27.3. The minimum atomic E-state index is -2.78. The van der Waals surface area contributed by atoms with Gasteiger partial charge in [0.25, 0.3) is 6.43 Å². The highest BCUT2D eigenvalue weighted by atomic mass is 32.2. The lowest BCUT2D eigenvalue weighted by atomic mass is 9.82. The van der Waals surface area contributed by atoms with Crippen molar-refractivity contribution in [2.45, 2.75) is 43.9 Å². The molecule has 0 saturated heterocycles. The molecule has 2 heterocycles. The van der Waals surface area contributed by atoms with Crippen molar-refractivity contribution in [3.63, 3.8) is 0 Å². The summed E-state index contributed by atoms with van der Waals surface area (Å²) in [5.41, 5.74) is 7.53. The van der Waals surface area contributed by atoms with Crippen molar-refractivity contribution in [2.75, 3.05) is 13.7 Å². The number of nitriles is 2. The molecule has 0 saturated carbocycles. The first-order valence-corrected chi connectivity index (χ1v) is 12.1. The number of pyridine rings is 1. The SMILES string of the molecule is CCOC(=O)C1=C(C)OC(N)=C(C#N)C1c1ccc(OC)c(CSc2nc(C(F)F)cc(C)c2C#N)c1. The van der Waals surface area contributed by atoms with Crippen LogP contribution in [-0.2, 0) is 20.0 Å². The zero-order valence-electron chi connectivity index (χ0n) is 20.6. The minimum absolute atomic E-state index is 0.0473. The van der Waals surface area contributed by atoms with Gasteiger partial charge < -0.3 is 19.9 Å². The van der Waals surface area contributed by atoms with Crippen LogP contribution in [0.2, 0.25) is 0 Å². The van der Waals surface area contributed by atoms with E-state index in [9.17, 15) is 24.1 Å². The van der Waals surface area contributed by atoms with Crippen molar-refractivity contribution in [2.24, 2.45) is 5.73 Å². The van der Waals surface area contributed by atoms with E-state index in [0.717, 1.165) is 11.8 Å². The number of allylic oxidation sites excluding steroid dienone is 2. The Labute approximate surface area is 217 Å². The van der Waals surface area contributed by atoms with Crippen LogP contribution in [0, 0.1) is 29.6 Å². The van der Waals surface area contributed by atoms with Gasteiger partial charge in [-0.2, -0.15) is 10.5 Å². The summed E-state index contributed by atoms with van der Waals surface area (Å²) in [6.07, 6.45) is -2.78. The molecular weight excluding hydrogens is 502 g/mol. The summed E-state index contributed by atoms with van der Waals surface area (Å²) in [4.78, 5) is 16.8. The lowest BCUT2D eigenvalue weighted by Gasteiger charge is -2.27. The normalized spacial score (nSPS) is 15.2. The number of hydrogen-bond acceptors (Lipinski definition) is 9. The average Bonchev–Trinajstić information content (AvgIpc) is 2.86. The van der Waals surface area contributed by atoms with Gasteiger partial charge in [0.2, 0.25) is 5.88 Å². The molecule has 37 heavy (non-hydrogen) atoms. The van der Waals surface area contributed by atoms with Crippen molar-refractivity contribution in [3.05, 3.63) is 75.0 Å². The first-order chi connectivity index (χ1) is 17.7. The van der Waals surface area contributed by atoms with E-state index in [4.69, 9.17) is 19.9 Å². The van der Waals surface area contributed by atoms with Gasteiger partial charge in [-0.15, -0.1) is 11.8 Å². The summed E-state index contributed by atoms with van der Waals surface area (Å²) in [6, 6.07) is 10.3. The summed E-state index contributed by atoms with van der Waals surface area (Å²) >= 11 is 1.10. The molecular formula is C26H24F2N4O4S. The van der Waals surface area contributed by atoms with Crippen LogP contribution in [0.25, 0.3) is 0 Å². The number of aromatic nitrogens is 1. The van der Waals surface area contributed by atoms with E-state index in [0.29, 0.717) is 22.4 Å². The summed E-state index contributed by atoms with van der Waals surface area (Å²) in [7, 11) is 1.48. The summed E-state index contributed by atoms with van der Waals surface area (Å²) < 4.78 is 42.8. The van der Waals surface area contributed by atoms with Crippen molar-refractivity contribution in [1.82, 2.24) is 4.98 Å². The van der Waals surface area contributed by atoms with E-state index in [-0.39, 0.29) is 45.7 Å². The maximum absolute atomic E-state index is 13.3. The average molecular weight is 527 g/mol. The summed E-state index contributed by atoms with van der Waals surface area (Å²) in [5.74, 6) is -0.714. The number of ether oxygens (including phenoxy) is 3. The maximum atomic E-state index is 13.3. The second kappa shape index (κ2) is 11.8. The molecule has 1 atom stereocenters. The molecule has 0 spiro atoms. The number of rotatable bonds is 8. The second-order valence-electron chi connectivity index (χ2n) is 7.93. The molecule has 0 aliphatic carbocycles. The smallest absolute Gasteiger partial charge is 0.338 e. The van der Waals surface area contributed by atoms with Gasteiger partial charge >= 0.3 is 5.97 Å². The molecule has 11 heteroatoms. The minimum Gasteiger partial charge on any atom is -0.496 e. The number of nitrogens with two attached hydrogens (primary N) is 1. The molecule has 0 radical (unpaired) electrons. The largest absolute Gasteiger partial charge is 0.496 e. The first kappa shape index (κ1) is 27.5. The van der Waals surface area contributed by atoms with Crippen molar-refractivity contribution < 1.29 is 27.8 Å². The summed E-state index contributed by atoms with van der Waals surface area (Å²) in [6.45, 7) is 4.93. The van der Waals surface area contributed by atoms with Crippen molar-refractivity contribution in [1.29, 1.82) is 10.5 Å². The third-order valence-electron chi connectivity index (χ3n) is 5.64. The van der Waals surface area contributed by atoms with Crippen molar-refractivity contribution in [3.8, 4) is 17.9 Å². The molecule has 1 aromatic heterocycles. The van der Waals surface area contributed by atoms with Gasteiger partial charge in [0.05, 0.1) is 30.8 Å². The second-order valence-corrected chi connectivity index (χ2v) is 8.90. The molecule has 192 valence electrons. The lowest BCUT2D eigenvalue weighted by molar-refractivity contribution is -0.139. The number of benzene rings is 1. The fourth-order valence-corrected chi connectivity index (χ4v) is 4.98. The predicted octanol–water partition coefficient (Wildman–Crippen LogP) is 5.14. The summed E-state index contributed by atoms with van der Waals surface area (Å²) in [5, 5.41) is 19.5. The highest BCUT2D eigenvalue weighted by Crippen LogP contribution is 2.41. The van der Waals surface area contributed by atoms with E-state index >= 15 is 0 Å². The number of nitrogens with zero attached hydrogens (tertiary/aromatic N) is 3. The Bertz CT molecular complexity index is 1380. The molecule has 1 aromatic carbocycles. The van der Waals surface area contributed by atoms with Crippen LogP contribution < -0.4 is 10.5 Å². The maximum Gasteiger partial charge on any atom is 0.338 e. The molecule has 1 aliphatic heterocycles. The molecule has 2 N–H and O–H groups in total. The Morgan fingerprint density at radius 2 is 2.00 bits per heavy atom. The van der Waals surface area contributed by atoms with E-state index in [2.05, 4.69) is 4.98 Å². The number of halogens is 2. The Morgan fingerprint density at radius 3 is 2.59 bits per heavy atom. The molecule has 1 aliphatic rings. The Morgan fingerprint density at radius 1 is 1.27 bits per heavy atom. The monoisotopic (exact) mass is 526 g/mol. The number of carbonyl (C=O) groups is 1. The quantitative estimate of drug-likeness (QED) is 0.367. The molecule has 3 rings (SSSR count). The zero-order valence-corrected chi connectivity index (χ0v) is 21.4. The Kier molecular flexibility index (Phi) is 8.74. The van der Waals surface area contributed by atoms with Gasteiger partial charge in [0, 0.05) is 11.3 Å². The third kappa shape index (κ3) is 5.68. The highest BCUT2D eigenvalue weighted by Gasteiger charge is 2.36. The van der Waals surface area contributed by atoms with Crippen LogP contribution in [-0.4, -0.2) is 24.7 Å². The van der Waals surface area contributed by atoms with E-state index in [1.807, 2.05) is 12.1 Å². The van der Waals surface area contributed by atoms with E-state index < -0.39 is 24.0 Å². The number of hydrogen-bond donors (Lipinski definition) is 1. The van der Waals surface area contributed by atoms with E-state index in [1.54, 1.807) is 39.0 Å². The van der Waals surface area contributed by atoms with Crippen LogP contribution in [0.15, 0.2) is 52.1 Å². The van der Waals surface area contributed by atoms with Crippen molar-refractivity contribution >= 4 is 17.7 Å². The van der Waals surface area contributed by atoms with Crippen LogP contribution in [0.3, 0.4) is 0 Å². The van der Waals surface area contributed by atoms with Gasteiger partial charge in [0.1, 0.15) is 39.9 Å². The topological polar surface area (TPSA) is 131 Å². The van der Waals surface area contributed by atoms with Gasteiger partial charge in [-0.1, -0.05) is 12.1 Å². The molecule has 1 unspecified atom stereocenters. The predicted molar refractivity (Wildman–Crippen MR) is 131 cm³/mol. The lowest BCUT2D eigenvalue weighted by Crippen LogP contribution is -2.25. The van der Waals surface area contributed by atoms with Crippen LogP contribution in [0.5, 0.6) is 5.75 Å². The fourth-order valence-electron chi connectivity index (χ4n) is 3.95. The number of thioether (sulfide) groups is 1. The van der Waals surface area contributed by atoms with Gasteiger partial charge in [-0.05, 0) is 44.0 Å². The molecule has 0 fully saturated rings. The number of esters is 1. The van der Waals surface area contributed by atoms with Crippen LogP contribution in [0.1, 0.15) is 54.1 Å². The molecule has 0 bridgehead atoms. The molecule has 2 aromatic rings. The Balaban J connectivity index is 2.07. The van der Waals surface area contributed by atoms with Crippen LogP contribution >= 0.6 is 11.8 Å². The number of methoxy groups -OCH3 is 1. The van der Waals surface area contributed by atoms with Gasteiger partial charge in [-0.25, -0.2) is 18.6 Å². The Hall–Kier alpha value is -4.09. The third-order valence-corrected chi connectivity index (χ3v) is 6.67. The number of carbonyl (C=O) groups excluding carboxylic acids is 1.